The Balaban J connectivity index is 0.890. The van der Waals surface area contributed by atoms with Gasteiger partial charge in [-0.2, -0.15) is 0 Å². The molecule has 0 radical (unpaired) electrons. The van der Waals surface area contributed by atoms with Crippen molar-refractivity contribution in [2.75, 3.05) is 66.1 Å². The molecule has 0 unspecified atom stereocenters. The highest BCUT2D eigenvalue weighted by Crippen LogP contribution is 2.57. The van der Waals surface area contributed by atoms with E-state index in [9.17, 15) is 35.7 Å². The van der Waals surface area contributed by atoms with Crippen molar-refractivity contribution in [1.29, 1.82) is 0 Å². The predicted molar refractivity (Wildman–Crippen MR) is 152 cm³/mol. The first kappa shape index (κ1) is 35.7. The van der Waals surface area contributed by atoms with E-state index >= 15 is 0 Å². The Morgan fingerprint density at radius 3 is 1.58 bits per heavy atom. The first-order valence-electron chi connectivity index (χ1n) is 16.3. The van der Waals surface area contributed by atoms with E-state index in [2.05, 4.69) is 0 Å². The zero-order valence-electron chi connectivity index (χ0n) is 25.7. The van der Waals surface area contributed by atoms with Crippen molar-refractivity contribution >= 4 is 0 Å². The summed E-state index contributed by atoms with van der Waals surface area (Å²) in [7, 11) is 0. The zero-order valence-corrected chi connectivity index (χ0v) is 25.7. The second kappa shape index (κ2) is 16.7. The maximum absolute atomic E-state index is 10.7. The molecule has 15 nitrogen and oxygen atoms in total. The summed E-state index contributed by atoms with van der Waals surface area (Å²) < 4.78 is 44.9. The molecular formula is C30H52O15. The fraction of sp³-hybridized carbons (Fsp3) is 1.00. The normalized spacial score (nSPS) is 44.5. The van der Waals surface area contributed by atoms with Crippen molar-refractivity contribution < 1.29 is 73.6 Å². The summed E-state index contributed by atoms with van der Waals surface area (Å²) in [5.41, 5.74) is 0.103. The van der Waals surface area contributed by atoms with Gasteiger partial charge >= 0.3 is 0 Å². The molecule has 4 bridgehead atoms. The number of hydrogen-bond donors (Lipinski definition) is 7. The Kier molecular flexibility index (Phi) is 13.2. The molecule has 4 saturated carbocycles. The molecule has 2 heterocycles. The van der Waals surface area contributed by atoms with Crippen molar-refractivity contribution in [2.45, 2.75) is 106 Å². The van der Waals surface area contributed by atoms with Gasteiger partial charge in [0.05, 0.1) is 71.7 Å². The van der Waals surface area contributed by atoms with E-state index in [1.54, 1.807) is 0 Å². The highest BCUT2D eigenvalue weighted by molar-refractivity contribution is 5.03. The number of ether oxygens (including phenoxy) is 8. The lowest BCUT2D eigenvalue weighted by molar-refractivity contribution is -0.359. The van der Waals surface area contributed by atoms with Crippen LogP contribution in [0.4, 0.5) is 0 Å². The molecule has 0 aromatic heterocycles. The van der Waals surface area contributed by atoms with Crippen LogP contribution in [0.1, 0.15) is 38.5 Å². The summed E-state index contributed by atoms with van der Waals surface area (Å²) >= 11 is 0. The highest BCUT2D eigenvalue weighted by Gasteiger charge is 2.52. The lowest BCUT2D eigenvalue weighted by Gasteiger charge is -2.56. The minimum absolute atomic E-state index is 0.0116. The Morgan fingerprint density at radius 1 is 0.533 bits per heavy atom. The molecule has 0 aromatic rings. The quantitative estimate of drug-likeness (QED) is 0.0773. The van der Waals surface area contributed by atoms with E-state index in [0.29, 0.717) is 39.6 Å². The molecular weight excluding hydrogens is 600 g/mol. The van der Waals surface area contributed by atoms with Gasteiger partial charge in [-0.25, -0.2) is 0 Å². The number of rotatable bonds is 18. The molecule has 2 saturated heterocycles. The molecule has 6 aliphatic rings. The maximum atomic E-state index is 10.7. The Morgan fingerprint density at radius 2 is 1.02 bits per heavy atom. The Hall–Kier alpha value is -0.600. The third kappa shape index (κ3) is 8.90. The van der Waals surface area contributed by atoms with Gasteiger partial charge in [-0.1, -0.05) is 0 Å². The summed E-state index contributed by atoms with van der Waals surface area (Å²) in [5.74, 6) is 2.59. The summed E-state index contributed by atoms with van der Waals surface area (Å²) in [5, 5.41) is 70.5. The molecule has 6 fully saturated rings. The zero-order chi connectivity index (χ0) is 32.0. The maximum Gasteiger partial charge on any atom is 0.187 e. The van der Waals surface area contributed by atoms with Gasteiger partial charge in [0, 0.05) is 0 Å². The minimum atomic E-state index is -1.73. The summed E-state index contributed by atoms with van der Waals surface area (Å²) in [6.45, 7) is 1.61. The van der Waals surface area contributed by atoms with Gasteiger partial charge < -0.3 is 73.6 Å². The average Bonchev–Trinajstić information content (AvgIpc) is 3.02. The first-order valence-corrected chi connectivity index (χ1v) is 16.3. The average molecular weight is 653 g/mol. The van der Waals surface area contributed by atoms with E-state index < -0.39 is 74.6 Å². The van der Waals surface area contributed by atoms with Gasteiger partial charge in [0.1, 0.15) is 48.8 Å². The van der Waals surface area contributed by atoms with E-state index in [0.717, 1.165) is 17.8 Å². The molecule has 6 rings (SSSR count). The van der Waals surface area contributed by atoms with Crippen LogP contribution in [0.5, 0.6) is 0 Å². The van der Waals surface area contributed by atoms with Gasteiger partial charge in [0.15, 0.2) is 12.6 Å². The molecule has 0 aromatic carbocycles. The van der Waals surface area contributed by atoms with Crippen LogP contribution in [0.3, 0.4) is 0 Å². The lowest BCUT2D eigenvalue weighted by atomic mass is 9.54. The fourth-order valence-corrected chi connectivity index (χ4v) is 7.98. The van der Waals surface area contributed by atoms with Gasteiger partial charge in [-0.05, 0) is 56.3 Å². The molecule has 262 valence electrons. The summed E-state index contributed by atoms with van der Waals surface area (Å²) in [6, 6.07) is 0. The number of hydrogen-bond acceptors (Lipinski definition) is 15. The van der Waals surface area contributed by atoms with Crippen molar-refractivity contribution in [3.8, 4) is 0 Å². The van der Waals surface area contributed by atoms with Crippen LogP contribution in [-0.2, 0) is 37.9 Å². The van der Waals surface area contributed by atoms with Crippen LogP contribution in [0, 0.1) is 17.8 Å². The van der Waals surface area contributed by atoms with Crippen LogP contribution in [0.2, 0.25) is 0 Å². The predicted octanol–water partition coefficient (Wildman–Crippen LogP) is -2.34. The number of aliphatic hydroxyl groups excluding tert-OH is 7. The van der Waals surface area contributed by atoms with Crippen LogP contribution in [0.15, 0.2) is 0 Å². The van der Waals surface area contributed by atoms with Crippen LogP contribution in [-0.4, -0.2) is 169 Å². The molecule has 0 spiro atoms. The lowest BCUT2D eigenvalue weighted by Crippen LogP contribution is -2.64. The SMILES string of the molecule is OC[C@H]1O[C@H](O[C@H]2[C@H](O)[C@@H](O)[C@H](OCCOCCOCCOCCOC34CC5CC(CC(C5)C3)C4)O[C@@H]2CO)[C@H](O)[C@@H](O)[C@@H]1O. The largest absolute Gasteiger partial charge is 0.394 e. The molecule has 10 atom stereocenters. The second-order valence-corrected chi connectivity index (χ2v) is 13.2. The second-order valence-electron chi connectivity index (χ2n) is 13.2. The van der Waals surface area contributed by atoms with Gasteiger partial charge in [0.25, 0.3) is 0 Å². The third-order valence-electron chi connectivity index (χ3n) is 9.83. The van der Waals surface area contributed by atoms with Crippen molar-refractivity contribution in [3.63, 3.8) is 0 Å². The van der Waals surface area contributed by atoms with E-state index in [1.165, 1.54) is 38.5 Å². The standard InChI is InChI=1S/C30H52O15/c31-15-20-22(33)23(34)25(36)29(43-20)45-27-21(16-32)44-28(26(37)24(27)35)41-7-5-39-3-1-38-2-4-40-6-8-42-30-12-17-9-18(13-30)11-19(10-17)14-30/h17-29,31-37H,1-16H2/t17?,18?,19?,20-,21-,22-,23+,24-,25-,26-,27-,28-,29-,30?/m1/s1. The Bertz CT molecular complexity index is 841. The van der Waals surface area contributed by atoms with Gasteiger partial charge in [-0.15, -0.1) is 0 Å². The molecule has 4 aliphatic carbocycles. The smallest absolute Gasteiger partial charge is 0.187 e. The molecule has 45 heavy (non-hydrogen) atoms. The van der Waals surface area contributed by atoms with Crippen LogP contribution >= 0.6 is 0 Å². The monoisotopic (exact) mass is 652 g/mol. The minimum Gasteiger partial charge on any atom is -0.394 e. The topological polar surface area (TPSA) is 215 Å². The first-order chi connectivity index (χ1) is 21.7. The van der Waals surface area contributed by atoms with Crippen molar-refractivity contribution in [1.82, 2.24) is 0 Å². The van der Waals surface area contributed by atoms with Gasteiger partial charge in [0.2, 0.25) is 0 Å². The fourth-order valence-electron chi connectivity index (χ4n) is 7.98. The van der Waals surface area contributed by atoms with E-state index in [4.69, 9.17) is 37.9 Å². The van der Waals surface area contributed by atoms with Crippen LogP contribution < -0.4 is 0 Å². The third-order valence-corrected chi connectivity index (χ3v) is 9.83. The Labute approximate surface area is 263 Å². The highest BCUT2D eigenvalue weighted by atomic mass is 16.7. The number of aliphatic hydroxyl groups is 7. The van der Waals surface area contributed by atoms with Gasteiger partial charge in [-0.3, -0.25) is 0 Å². The van der Waals surface area contributed by atoms with E-state index in [1.807, 2.05) is 0 Å². The summed E-state index contributed by atoms with van der Waals surface area (Å²) in [4.78, 5) is 0. The van der Waals surface area contributed by atoms with Crippen molar-refractivity contribution in [3.05, 3.63) is 0 Å². The molecule has 15 heteroatoms. The molecule has 2 aliphatic heterocycles. The van der Waals surface area contributed by atoms with E-state index in [-0.39, 0.29) is 18.8 Å². The molecule has 0 amide bonds. The molecule has 7 N–H and O–H groups in total. The van der Waals surface area contributed by atoms with Crippen molar-refractivity contribution in [2.24, 2.45) is 17.8 Å². The summed E-state index contributed by atoms with van der Waals surface area (Å²) in [6.07, 6.45) is -7.11. The van der Waals surface area contributed by atoms with Crippen LogP contribution in [0.25, 0.3) is 0 Å².